The average molecular weight is 162 g/mol. The van der Waals surface area contributed by atoms with Gasteiger partial charge in [0.15, 0.2) is 0 Å². The summed E-state index contributed by atoms with van der Waals surface area (Å²) in [6.45, 7) is 9.64. The molecule has 0 aliphatic carbocycles. The van der Waals surface area contributed by atoms with Crippen LogP contribution in [0.5, 0.6) is 0 Å². The lowest BCUT2D eigenvalue weighted by Gasteiger charge is -2.25. The molecule has 3 heteroatoms. The maximum Gasteiger partial charge on any atom is 0.0594 e. The zero-order chi connectivity index (χ0) is 8.53. The molecule has 1 aliphatic rings. The third-order valence-electron chi connectivity index (χ3n) is 1.55. The number of ether oxygens (including phenoxy) is 1. The maximum absolute atomic E-state index is 5.38. The molecule has 1 aliphatic heterocycles. The van der Waals surface area contributed by atoms with Gasteiger partial charge >= 0.3 is 0 Å². The Kier molecular flexibility index (Phi) is 7.89. The molecule has 0 aromatic rings. The van der Waals surface area contributed by atoms with Crippen LogP contribution in [-0.2, 0) is 4.74 Å². The summed E-state index contributed by atoms with van der Waals surface area (Å²) in [4.78, 5) is 2.32. The van der Waals surface area contributed by atoms with E-state index < -0.39 is 0 Å². The minimum absolute atomic E-state index is 0. The van der Waals surface area contributed by atoms with Crippen LogP contribution >= 0.6 is 0 Å². The van der Waals surface area contributed by atoms with Gasteiger partial charge < -0.3 is 10.5 Å². The maximum atomic E-state index is 5.38. The van der Waals surface area contributed by atoms with Gasteiger partial charge in [0.2, 0.25) is 0 Å². The van der Waals surface area contributed by atoms with Gasteiger partial charge in [-0.3, -0.25) is 4.90 Å². The van der Waals surface area contributed by atoms with Gasteiger partial charge in [0, 0.05) is 27.6 Å². The zero-order valence-corrected chi connectivity index (χ0v) is 7.68. The van der Waals surface area contributed by atoms with E-state index in [0.717, 1.165) is 39.4 Å². The van der Waals surface area contributed by atoms with Crippen molar-refractivity contribution in [1.82, 2.24) is 4.90 Å². The zero-order valence-electron chi connectivity index (χ0n) is 7.68. The van der Waals surface area contributed by atoms with Gasteiger partial charge in [-0.15, -0.1) is 0 Å². The Balaban J connectivity index is 0. The molecule has 0 bridgehead atoms. The molecule has 1 heterocycles. The van der Waals surface area contributed by atoms with Crippen molar-refractivity contribution < 1.29 is 6.16 Å². The smallest absolute Gasteiger partial charge is 0.0594 e. The van der Waals surface area contributed by atoms with Gasteiger partial charge in [-0.05, 0) is 0 Å². The summed E-state index contributed by atoms with van der Waals surface area (Å²) in [6.07, 6.45) is 0. The number of morpholine rings is 1. The summed E-state index contributed by atoms with van der Waals surface area (Å²) >= 11 is 0. The summed E-state index contributed by atoms with van der Waals surface area (Å²) in [5, 5.41) is 0. The first-order valence-electron chi connectivity index (χ1n) is 4.43. The molecule has 0 amide bonds. The predicted molar refractivity (Wildman–Crippen MR) is 49.8 cm³/mol. The van der Waals surface area contributed by atoms with Gasteiger partial charge in [0.05, 0.1) is 13.2 Å². The molecule has 0 aromatic carbocycles. The van der Waals surface area contributed by atoms with E-state index in [9.17, 15) is 0 Å². The second-order valence-corrected chi connectivity index (χ2v) is 2.24. The fourth-order valence-electron chi connectivity index (χ4n) is 1.01. The van der Waals surface area contributed by atoms with Crippen molar-refractivity contribution in [2.45, 2.75) is 13.8 Å². The van der Waals surface area contributed by atoms with Crippen LogP contribution in [-0.4, -0.2) is 44.3 Å². The van der Waals surface area contributed by atoms with Gasteiger partial charge in [0.25, 0.3) is 0 Å². The van der Waals surface area contributed by atoms with Crippen molar-refractivity contribution in [1.29, 1.82) is 0 Å². The monoisotopic (exact) mass is 162 g/mol. The lowest BCUT2D eigenvalue weighted by molar-refractivity contribution is 0.0394. The Bertz CT molecular complexity index is 74.7. The summed E-state index contributed by atoms with van der Waals surface area (Å²) in [7, 11) is 0. The van der Waals surface area contributed by atoms with Crippen molar-refractivity contribution >= 4 is 0 Å². The van der Waals surface area contributed by atoms with Crippen molar-refractivity contribution in [3.8, 4) is 0 Å². The van der Waals surface area contributed by atoms with Crippen LogP contribution in [0.15, 0.2) is 0 Å². The summed E-state index contributed by atoms with van der Waals surface area (Å²) < 4.78 is 5.16. The highest BCUT2D eigenvalue weighted by atomic mass is 16.5. The molecule has 1 saturated heterocycles. The number of hydrogen-bond donors (Lipinski definition) is 1. The van der Waals surface area contributed by atoms with Crippen LogP contribution < -0.4 is 5.73 Å². The number of rotatable bonds is 2. The van der Waals surface area contributed by atoms with E-state index in [1.165, 1.54) is 0 Å². The highest BCUT2D eigenvalue weighted by Crippen LogP contribution is 1.93. The van der Waals surface area contributed by atoms with E-state index in [4.69, 9.17) is 10.5 Å². The number of nitrogens with zero attached hydrogens (tertiary/aromatic N) is 1. The molecular weight excluding hydrogens is 140 g/mol. The highest BCUT2D eigenvalue weighted by molar-refractivity contribution is 4.60. The molecule has 11 heavy (non-hydrogen) atoms. The molecule has 0 atom stereocenters. The second kappa shape index (κ2) is 7.98. The molecule has 1 fully saturated rings. The Morgan fingerprint density at radius 3 is 2.36 bits per heavy atom. The SMILES string of the molecule is CC.NCCN1CCOCC1.[HH]. The fraction of sp³-hybridized carbons (Fsp3) is 1.00. The lowest BCUT2D eigenvalue weighted by atomic mass is 10.4. The third-order valence-corrected chi connectivity index (χ3v) is 1.55. The largest absolute Gasteiger partial charge is 0.379 e. The molecular formula is C8H22N2O. The second-order valence-electron chi connectivity index (χ2n) is 2.24. The molecule has 0 aromatic heterocycles. The van der Waals surface area contributed by atoms with Crippen LogP contribution in [0.4, 0.5) is 0 Å². The van der Waals surface area contributed by atoms with Gasteiger partial charge in [-0.2, -0.15) is 0 Å². The molecule has 0 saturated carbocycles. The molecule has 2 N–H and O–H groups in total. The van der Waals surface area contributed by atoms with E-state index in [2.05, 4.69) is 4.90 Å². The first kappa shape index (κ1) is 10.9. The van der Waals surface area contributed by atoms with E-state index in [1.807, 2.05) is 13.8 Å². The Hall–Kier alpha value is -0.120. The molecule has 0 radical (unpaired) electrons. The number of hydrogen-bond acceptors (Lipinski definition) is 3. The molecule has 0 spiro atoms. The van der Waals surface area contributed by atoms with Crippen LogP contribution in [0.1, 0.15) is 15.3 Å². The van der Waals surface area contributed by atoms with Gasteiger partial charge in [-0.1, -0.05) is 13.8 Å². The highest BCUT2D eigenvalue weighted by Gasteiger charge is 2.07. The van der Waals surface area contributed by atoms with E-state index in [1.54, 1.807) is 0 Å². The average Bonchev–Trinajstić information content (AvgIpc) is 2.11. The quantitative estimate of drug-likeness (QED) is 0.644. The normalized spacial score (nSPS) is 18.8. The fourth-order valence-corrected chi connectivity index (χ4v) is 1.01. The predicted octanol–water partition coefficient (Wildman–Crippen LogP) is 0.550. The van der Waals surface area contributed by atoms with Gasteiger partial charge in [0.1, 0.15) is 0 Å². The minimum Gasteiger partial charge on any atom is -0.379 e. The Morgan fingerprint density at radius 1 is 1.36 bits per heavy atom. The first-order valence-corrected chi connectivity index (χ1v) is 4.43. The van der Waals surface area contributed by atoms with Crippen LogP contribution in [0.25, 0.3) is 0 Å². The molecule has 3 nitrogen and oxygen atoms in total. The molecule has 1 rings (SSSR count). The standard InChI is InChI=1S/C6H14N2O.C2H6.H2/c7-1-2-8-3-5-9-6-4-8;1-2;/h1-7H2;1-2H3;1H. The van der Waals surface area contributed by atoms with Crippen molar-refractivity contribution in [2.24, 2.45) is 5.73 Å². The van der Waals surface area contributed by atoms with Crippen LogP contribution in [0.2, 0.25) is 0 Å². The molecule has 0 unspecified atom stereocenters. The summed E-state index contributed by atoms with van der Waals surface area (Å²) in [5.41, 5.74) is 5.38. The van der Waals surface area contributed by atoms with E-state index in [0.29, 0.717) is 0 Å². The van der Waals surface area contributed by atoms with Gasteiger partial charge in [-0.25, -0.2) is 0 Å². The Morgan fingerprint density at radius 2 is 1.91 bits per heavy atom. The van der Waals surface area contributed by atoms with Crippen LogP contribution in [0.3, 0.4) is 0 Å². The first-order chi connectivity index (χ1) is 5.43. The topological polar surface area (TPSA) is 38.5 Å². The van der Waals surface area contributed by atoms with Crippen LogP contribution in [0, 0.1) is 0 Å². The Labute approximate surface area is 71.0 Å². The lowest BCUT2D eigenvalue weighted by Crippen LogP contribution is -2.39. The van der Waals surface area contributed by atoms with E-state index in [-0.39, 0.29) is 1.43 Å². The third kappa shape index (κ3) is 5.18. The van der Waals surface area contributed by atoms with E-state index >= 15 is 0 Å². The van der Waals surface area contributed by atoms with Crippen molar-refractivity contribution in [3.05, 3.63) is 0 Å². The summed E-state index contributed by atoms with van der Waals surface area (Å²) in [6, 6.07) is 0. The van der Waals surface area contributed by atoms with Crippen molar-refractivity contribution in [3.63, 3.8) is 0 Å². The minimum atomic E-state index is 0. The number of nitrogens with two attached hydrogens (primary N) is 1. The molecule has 70 valence electrons. The van der Waals surface area contributed by atoms with Crippen molar-refractivity contribution in [2.75, 3.05) is 39.4 Å². The summed E-state index contributed by atoms with van der Waals surface area (Å²) in [5.74, 6) is 0.